The number of aliphatic hydroxyl groups excluding tert-OH is 1. The van der Waals surface area contributed by atoms with E-state index in [1.165, 1.54) is 0 Å². The lowest BCUT2D eigenvalue weighted by atomic mass is 10.1. The maximum absolute atomic E-state index is 9.65. The Kier molecular flexibility index (Phi) is 7.78. The molecule has 1 atom stereocenters. The van der Waals surface area contributed by atoms with Gasteiger partial charge in [0.1, 0.15) is 0 Å². The Morgan fingerprint density at radius 1 is 1.42 bits per heavy atom. The van der Waals surface area contributed by atoms with Gasteiger partial charge in [0.25, 0.3) is 0 Å². The molecule has 2 N–H and O–H groups in total. The van der Waals surface area contributed by atoms with E-state index >= 15 is 0 Å². The van der Waals surface area contributed by atoms with Crippen LogP contribution in [0.4, 0.5) is 0 Å². The van der Waals surface area contributed by atoms with Crippen molar-refractivity contribution in [3.8, 4) is 6.07 Å². The Morgan fingerprint density at radius 3 is 3.00 bits per heavy atom. The van der Waals surface area contributed by atoms with Crippen LogP contribution in [0.5, 0.6) is 0 Å². The molecule has 0 saturated carbocycles. The maximum atomic E-state index is 9.65. The Balaban J connectivity index is 2.17. The molecule has 0 radical (unpaired) electrons. The summed E-state index contributed by atoms with van der Waals surface area (Å²) < 4.78 is 10.1. The largest absolute Gasteiger partial charge is 0.389 e. The average molecular weight is 264 g/mol. The molecule has 5 heteroatoms. The molecule has 1 aromatic rings. The summed E-state index contributed by atoms with van der Waals surface area (Å²) in [5, 5.41) is 21.5. The Morgan fingerprint density at radius 2 is 2.26 bits per heavy atom. The second-order valence-corrected chi connectivity index (χ2v) is 4.16. The summed E-state index contributed by atoms with van der Waals surface area (Å²) in [6.45, 7) is 2.36. The van der Waals surface area contributed by atoms with Gasteiger partial charge in [0.2, 0.25) is 0 Å². The highest BCUT2D eigenvalue weighted by atomic mass is 16.5. The Labute approximate surface area is 113 Å². The molecule has 0 amide bonds. The van der Waals surface area contributed by atoms with Gasteiger partial charge in [-0.05, 0) is 17.7 Å². The first-order valence-corrected chi connectivity index (χ1v) is 6.20. The number of hydrogen-bond donors (Lipinski definition) is 2. The van der Waals surface area contributed by atoms with Crippen molar-refractivity contribution in [2.24, 2.45) is 0 Å². The first-order valence-electron chi connectivity index (χ1n) is 6.20. The summed E-state index contributed by atoms with van der Waals surface area (Å²) in [6.07, 6.45) is -0.545. The van der Waals surface area contributed by atoms with Crippen LogP contribution in [0.15, 0.2) is 24.3 Å². The van der Waals surface area contributed by atoms with Crippen molar-refractivity contribution in [2.75, 3.05) is 33.5 Å². The van der Waals surface area contributed by atoms with Gasteiger partial charge in [-0.25, -0.2) is 0 Å². The van der Waals surface area contributed by atoms with Gasteiger partial charge >= 0.3 is 0 Å². The van der Waals surface area contributed by atoms with E-state index in [1.54, 1.807) is 13.2 Å². The number of ether oxygens (including phenoxy) is 2. The average Bonchev–Trinajstić information content (AvgIpc) is 2.44. The number of aliphatic hydroxyl groups is 1. The molecule has 1 rings (SSSR count). The molecule has 19 heavy (non-hydrogen) atoms. The minimum absolute atomic E-state index is 0.286. The topological polar surface area (TPSA) is 74.5 Å². The summed E-state index contributed by atoms with van der Waals surface area (Å²) in [4.78, 5) is 0. The lowest BCUT2D eigenvalue weighted by Gasteiger charge is -2.12. The van der Waals surface area contributed by atoms with Crippen LogP contribution >= 0.6 is 0 Å². The van der Waals surface area contributed by atoms with E-state index < -0.39 is 6.10 Å². The first kappa shape index (κ1) is 15.6. The highest BCUT2D eigenvalue weighted by Crippen LogP contribution is 2.03. The Hall–Kier alpha value is -1.45. The van der Waals surface area contributed by atoms with E-state index in [0.29, 0.717) is 31.9 Å². The van der Waals surface area contributed by atoms with Crippen LogP contribution in [0, 0.1) is 11.3 Å². The zero-order valence-corrected chi connectivity index (χ0v) is 11.1. The number of nitrogens with zero attached hydrogens (tertiary/aromatic N) is 1. The summed E-state index contributed by atoms with van der Waals surface area (Å²) in [7, 11) is 1.61. The highest BCUT2D eigenvalue weighted by molar-refractivity contribution is 5.32. The third-order valence-corrected chi connectivity index (χ3v) is 2.51. The molecule has 0 fully saturated rings. The van der Waals surface area contributed by atoms with Crippen molar-refractivity contribution in [2.45, 2.75) is 12.6 Å². The molecule has 0 bridgehead atoms. The molecule has 5 nitrogen and oxygen atoms in total. The first-order chi connectivity index (χ1) is 9.26. The molecule has 1 unspecified atom stereocenters. The SMILES string of the molecule is COCCOCC(O)CNCc1cccc(C#N)c1. The molecular formula is C14H20N2O3. The molecule has 0 spiro atoms. The number of methoxy groups -OCH3 is 1. The van der Waals surface area contributed by atoms with Crippen LogP contribution in [0.25, 0.3) is 0 Å². The zero-order chi connectivity index (χ0) is 13.9. The molecule has 0 saturated heterocycles. The maximum Gasteiger partial charge on any atom is 0.0991 e. The zero-order valence-electron chi connectivity index (χ0n) is 11.1. The van der Waals surface area contributed by atoms with Gasteiger partial charge in [-0.15, -0.1) is 0 Å². The van der Waals surface area contributed by atoms with E-state index in [9.17, 15) is 5.11 Å². The van der Waals surface area contributed by atoms with Crippen molar-refractivity contribution in [1.29, 1.82) is 5.26 Å². The van der Waals surface area contributed by atoms with E-state index in [2.05, 4.69) is 11.4 Å². The summed E-state index contributed by atoms with van der Waals surface area (Å²) in [5.41, 5.74) is 1.66. The lowest BCUT2D eigenvalue weighted by Crippen LogP contribution is -2.30. The van der Waals surface area contributed by atoms with Crippen molar-refractivity contribution < 1.29 is 14.6 Å². The van der Waals surface area contributed by atoms with Crippen molar-refractivity contribution >= 4 is 0 Å². The molecule has 104 valence electrons. The van der Waals surface area contributed by atoms with Crippen molar-refractivity contribution in [3.63, 3.8) is 0 Å². The smallest absolute Gasteiger partial charge is 0.0991 e. The third-order valence-electron chi connectivity index (χ3n) is 2.51. The summed E-state index contributed by atoms with van der Waals surface area (Å²) >= 11 is 0. The van der Waals surface area contributed by atoms with Crippen molar-refractivity contribution in [3.05, 3.63) is 35.4 Å². The molecular weight excluding hydrogens is 244 g/mol. The minimum Gasteiger partial charge on any atom is -0.389 e. The number of benzene rings is 1. The second-order valence-electron chi connectivity index (χ2n) is 4.16. The normalized spacial score (nSPS) is 12.1. The number of hydrogen-bond acceptors (Lipinski definition) is 5. The van der Waals surface area contributed by atoms with Crippen LogP contribution in [-0.4, -0.2) is 44.7 Å². The predicted octanol–water partition coefficient (Wildman–Crippen LogP) is 0.672. The quantitative estimate of drug-likeness (QED) is 0.641. The van der Waals surface area contributed by atoms with Crippen LogP contribution in [-0.2, 0) is 16.0 Å². The van der Waals surface area contributed by atoms with Crippen LogP contribution in [0.1, 0.15) is 11.1 Å². The van der Waals surface area contributed by atoms with Gasteiger partial charge < -0.3 is 19.9 Å². The molecule has 0 aliphatic carbocycles. The molecule has 0 heterocycles. The molecule has 0 aromatic heterocycles. The molecule has 0 aliphatic heterocycles. The second kappa shape index (κ2) is 9.48. The van der Waals surface area contributed by atoms with Gasteiger partial charge in [-0.2, -0.15) is 5.26 Å². The van der Waals surface area contributed by atoms with Crippen LogP contribution in [0.3, 0.4) is 0 Å². The fourth-order valence-electron chi connectivity index (χ4n) is 1.55. The number of rotatable bonds is 9. The van der Waals surface area contributed by atoms with Crippen molar-refractivity contribution in [1.82, 2.24) is 5.32 Å². The third kappa shape index (κ3) is 6.89. The summed E-state index contributed by atoms with van der Waals surface area (Å²) in [6, 6.07) is 9.48. The summed E-state index contributed by atoms with van der Waals surface area (Å²) in [5.74, 6) is 0. The van der Waals surface area contributed by atoms with Crippen LogP contribution in [0.2, 0.25) is 0 Å². The van der Waals surface area contributed by atoms with Gasteiger partial charge in [0.05, 0.1) is 37.6 Å². The Bertz CT molecular complexity index is 404. The number of nitriles is 1. The van der Waals surface area contributed by atoms with E-state index in [1.807, 2.05) is 18.2 Å². The monoisotopic (exact) mass is 264 g/mol. The van der Waals surface area contributed by atoms with Gasteiger partial charge in [0.15, 0.2) is 0 Å². The lowest BCUT2D eigenvalue weighted by molar-refractivity contribution is 0.0137. The van der Waals surface area contributed by atoms with E-state index in [-0.39, 0.29) is 6.61 Å². The predicted molar refractivity (Wildman–Crippen MR) is 71.6 cm³/mol. The minimum atomic E-state index is -0.545. The standard InChI is InChI=1S/C14H20N2O3/c1-18-5-6-19-11-14(17)10-16-9-13-4-2-3-12(7-13)8-15/h2-4,7,14,16-17H,5-6,9-11H2,1H3. The molecule has 1 aromatic carbocycles. The van der Waals surface area contributed by atoms with Gasteiger partial charge in [-0.1, -0.05) is 12.1 Å². The van der Waals surface area contributed by atoms with E-state index in [0.717, 1.165) is 5.56 Å². The fraction of sp³-hybridized carbons (Fsp3) is 0.500. The highest BCUT2D eigenvalue weighted by Gasteiger charge is 2.03. The fourth-order valence-corrected chi connectivity index (χ4v) is 1.55. The number of nitrogens with one attached hydrogen (secondary N) is 1. The van der Waals surface area contributed by atoms with Gasteiger partial charge in [0, 0.05) is 20.2 Å². The van der Waals surface area contributed by atoms with Crippen LogP contribution < -0.4 is 5.32 Å². The van der Waals surface area contributed by atoms with E-state index in [4.69, 9.17) is 14.7 Å². The molecule has 0 aliphatic rings. The van der Waals surface area contributed by atoms with Gasteiger partial charge in [-0.3, -0.25) is 0 Å².